The Kier molecular flexibility index (Phi) is 8.28. The second kappa shape index (κ2) is 12.4. The van der Waals surface area contributed by atoms with Crippen LogP contribution in [-0.2, 0) is 9.59 Å². The number of aromatic nitrogens is 1. The van der Waals surface area contributed by atoms with Crippen LogP contribution in [0.5, 0.6) is 0 Å². The van der Waals surface area contributed by atoms with E-state index in [2.05, 4.69) is 21.1 Å². The van der Waals surface area contributed by atoms with Crippen molar-refractivity contribution in [2.75, 3.05) is 16.0 Å². The predicted molar refractivity (Wildman–Crippen MR) is 163 cm³/mol. The SMILES string of the molecule is CC(=O)Nc1ccc(-c2cc3c(C(=O)Nc4ccc(C#N)cc4C(=O)C(O)c4ccccc4)noc3cc2NC(C)=O)cc1. The van der Waals surface area contributed by atoms with Crippen molar-refractivity contribution in [3.63, 3.8) is 0 Å². The van der Waals surface area contributed by atoms with E-state index in [4.69, 9.17) is 4.52 Å². The van der Waals surface area contributed by atoms with Gasteiger partial charge in [0.05, 0.1) is 28.4 Å². The first-order valence-corrected chi connectivity index (χ1v) is 13.4. The first-order chi connectivity index (χ1) is 21.1. The minimum Gasteiger partial charge on any atom is -0.380 e. The molecule has 4 N–H and O–H groups in total. The maximum absolute atomic E-state index is 13.5. The number of nitrogens with zero attached hydrogens (tertiary/aromatic N) is 2. The third kappa shape index (κ3) is 6.20. The van der Waals surface area contributed by atoms with E-state index in [1.807, 2.05) is 6.07 Å². The fraction of sp³-hybridized carbons (Fsp3) is 0.0909. The summed E-state index contributed by atoms with van der Waals surface area (Å²) in [6, 6.07) is 24.5. The Morgan fingerprint density at radius 3 is 2.20 bits per heavy atom. The van der Waals surface area contributed by atoms with Gasteiger partial charge in [-0.05, 0) is 47.5 Å². The number of hydrogen-bond donors (Lipinski definition) is 4. The molecule has 0 saturated heterocycles. The average molecular weight is 588 g/mol. The number of benzene rings is 4. The van der Waals surface area contributed by atoms with E-state index in [1.165, 1.54) is 32.0 Å². The van der Waals surface area contributed by atoms with Gasteiger partial charge in [-0.15, -0.1) is 0 Å². The lowest BCUT2D eigenvalue weighted by Gasteiger charge is -2.14. The van der Waals surface area contributed by atoms with Crippen molar-refractivity contribution in [1.29, 1.82) is 5.26 Å². The summed E-state index contributed by atoms with van der Waals surface area (Å²) in [5.41, 5.74) is 2.86. The monoisotopic (exact) mass is 587 g/mol. The fourth-order valence-electron chi connectivity index (χ4n) is 4.66. The lowest BCUT2D eigenvalue weighted by molar-refractivity contribution is -0.115. The highest BCUT2D eigenvalue weighted by Gasteiger charge is 2.25. The maximum Gasteiger partial charge on any atom is 0.278 e. The van der Waals surface area contributed by atoms with Gasteiger partial charge in [0, 0.05) is 36.7 Å². The van der Waals surface area contributed by atoms with Gasteiger partial charge < -0.3 is 25.6 Å². The van der Waals surface area contributed by atoms with Gasteiger partial charge in [-0.1, -0.05) is 47.6 Å². The summed E-state index contributed by atoms with van der Waals surface area (Å²) < 4.78 is 5.43. The van der Waals surface area contributed by atoms with Gasteiger partial charge in [-0.25, -0.2) is 0 Å². The van der Waals surface area contributed by atoms with Crippen LogP contribution in [-0.4, -0.2) is 33.8 Å². The topological polar surface area (TPSA) is 174 Å². The van der Waals surface area contributed by atoms with Crippen LogP contribution in [0.1, 0.15) is 51.9 Å². The molecule has 4 aromatic carbocycles. The fourth-order valence-corrected chi connectivity index (χ4v) is 4.66. The van der Waals surface area contributed by atoms with Gasteiger partial charge in [0.25, 0.3) is 5.91 Å². The van der Waals surface area contributed by atoms with Gasteiger partial charge in [-0.2, -0.15) is 5.26 Å². The number of amides is 3. The molecule has 1 heterocycles. The largest absolute Gasteiger partial charge is 0.380 e. The number of hydrogen-bond acceptors (Lipinski definition) is 8. The van der Waals surface area contributed by atoms with E-state index in [1.54, 1.807) is 66.7 Å². The zero-order valence-electron chi connectivity index (χ0n) is 23.5. The summed E-state index contributed by atoms with van der Waals surface area (Å²) in [6.07, 6.45) is -1.53. The molecule has 1 atom stereocenters. The number of carbonyl (C=O) groups is 4. The molecule has 0 aliphatic rings. The minimum absolute atomic E-state index is 0.0607. The standard InChI is InChI=1S/C33H25N5O6/c1-18(39)35-23-11-9-21(10-12-23)24-15-26-29(16-28(24)36-19(2)40)44-38-30(26)33(43)37-27-13-8-20(17-34)14-25(27)32(42)31(41)22-6-4-3-5-7-22/h3-16,31,41H,1-2H3,(H,35,39)(H,36,40)(H,37,43). The van der Waals surface area contributed by atoms with Crippen molar-refractivity contribution in [3.8, 4) is 17.2 Å². The third-order valence-electron chi connectivity index (χ3n) is 6.68. The zero-order chi connectivity index (χ0) is 31.4. The van der Waals surface area contributed by atoms with Crippen molar-refractivity contribution >= 4 is 51.5 Å². The van der Waals surface area contributed by atoms with Crippen molar-refractivity contribution in [3.05, 3.63) is 107 Å². The molecule has 0 radical (unpaired) electrons. The van der Waals surface area contributed by atoms with Crippen molar-refractivity contribution in [2.24, 2.45) is 0 Å². The molecular weight excluding hydrogens is 562 g/mol. The molecular formula is C33H25N5O6. The van der Waals surface area contributed by atoms with Crippen LogP contribution in [0.4, 0.5) is 17.1 Å². The number of Topliss-reactive ketones (excluding diaryl/α,β-unsaturated/α-hetero) is 1. The lowest BCUT2D eigenvalue weighted by atomic mass is 9.97. The van der Waals surface area contributed by atoms with E-state index in [9.17, 15) is 29.5 Å². The van der Waals surface area contributed by atoms with Gasteiger partial charge in [-0.3, -0.25) is 19.2 Å². The molecule has 0 bridgehead atoms. The Balaban J connectivity index is 1.52. The minimum atomic E-state index is -1.53. The summed E-state index contributed by atoms with van der Waals surface area (Å²) in [5.74, 6) is -1.97. The summed E-state index contributed by atoms with van der Waals surface area (Å²) in [6.45, 7) is 2.76. The van der Waals surface area contributed by atoms with Crippen LogP contribution in [0, 0.1) is 11.3 Å². The number of rotatable bonds is 8. The lowest BCUT2D eigenvalue weighted by Crippen LogP contribution is -2.19. The number of aliphatic hydroxyl groups excluding tert-OH is 1. The highest BCUT2D eigenvalue weighted by atomic mass is 16.5. The second-order valence-electron chi connectivity index (χ2n) is 9.87. The van der Waals surface area contributed by atoms with E-state index in [0.29, 0.717) is 33.5 Å². The highest BCUT2D eigenvalue weighted by molar-refractivity contribution is 6.15. The van der Waals surface area contributed by atoms with Gasteiger partial charge in [0.1, 0.15) is 6.10 Å². The first kappa shape index (κ1) is 29.4. The third-order valence-corrected chi connectivity index (χ3v) is 6.68. The normalized spacial score (nSPS) is 11.3. The van der Waals surface area contributed by atoms with E-state index in [-0.39, 0.29) is 39.9 Å². The molecule has 5 rings (SSSR count). The van der Waals surface area contributed by atoms with Crippen LogP contribution in [0.25, 0.3) is 22.1 Å². The summed E-state index contributed by atoms with van der Waals surface area (Å²) in [4.78, 5) is 50.2. The average Bonchev–Trinajstić information content (AvgIpc) is 3.43. The Labute approximate surface area is 251 Å². The Bertz CT molecular complexity index is 1960. The van der Waals surface area contributed by atoms with E-state index in [0.717, 1.165) is 0 Å². The quantitative estimate of drug-likeness (QED) is 0.173. The van der Waals surface area contributed by atoms with Gasteiger partial charge in [0.15, 0.2) is 17.1 Å². The first-order valence-electron chi connectivity index (χ1n) is 13.4. The number of nitriles is 1. The molecule has 218 valence electrons. The smallest absolute Gasteiger partial charge is 0.278 e. The molecule has 0 aliphatic heterocycles. The summed E-state index contributed by atoms with van der Waals surface area (Å²) >= 11 is 0. The molecule has 0 saturated carbocycles. The van der Waals surface area contributed by atoms with Crippen LogP contribution < -0.4 is 16.0 Å². The van der Waals surface area contributed by atoms with Crippen molar-refractivity contribution in [2.45, 2.75) is 20.0 Å². The Hall–Kier alpha value is -6.12. The maximum atomic E-state index is 13.5. The predicted octanol–water partition coefficient (Wildman–Crippen LogP) is 5.45. The van der Waals surface area contributed by atoms with Gasteiger partial charge >= 0.3 is 0 Å². The molecule has 11 nitrogen and oxygen atoms in total. The molecule has 0 aliphatic carbocycles. The molecule has 44 heavy (non-hydrogen) atoms. The molecule has 0 fully saturated rings. The van der Waals surface area contributed by atoms with Crippen molar-refractivity contribution < 1.29 is 28.8 Å². The van der Waals surface area contributed by atoms with Crippen LogP contribution in [0.3, 0.4) is 0 Å². The molecule has 3 amide bonds. The number of fused-ring (bicyclic) bond motifs is 1. The Morgan fingerprint density at radius 1 is 0.841 bits per heavy atom. The summed E-state index contributed by atoms with van der Waals surface area (Å²) in [5, 5.41) is 32.6. The number of ketones is 1. The molecule has 0 spiro atoms. The van der Waals surface area contributed by atoms with Gasteiger partial charge in [0.2, 0.25) is 11.8 Å². The number of nitrogens with one attached hydrogen (secondary N) is 3. The van der Waals surface area contributed by atoms with Crippen LogP contribution in [0.2, 0.25) is 0 Å². The molecule has 11 heteroatoms. The number of aliphatic hydroxyl groups is 1. The van der Waals surface area contributed by atoms with Crippen LogP contribution in [0.15, 0.2) is 89.5 Å². The summed E-state index contributed by atoms with van der Waals surface area (Å²) in [7, 11) is 0. The van der Waals surface area contributed by atoms with Crippen molar-refractivity contribution in [1.82, 2.24) is 5.16 Å². The highest BCUT2D eigenvalue weighted by Crippen LogP contribution is 2.35. The molecule has 1 unspecified atom stereocenters. The number of carbonyl (C=O) groups excluding carboxylic acids is 4. The number of anilines is 3. The molecule has 1 aromatic heterocycles. The van der Waals surface area contributed by atoms with E-state index < -0.39 is 17.8 Å². The second-order valence-corrected chi connectivity index (χ2v) is 9.87. The Morgan fingerprint density at radius 2 is 1.55 bits per heavy atom. The molecule has 5 aromatic rings. The van der Waals surface area contributed by atoms with Crippen LogP contribution >= 0.6 is 0 Å². The zero-order valence-corrected chi connectivity index (χ0v) is 23.5. The van der Waals surface area contributed by atoms with E-state index >= 15 is 0 Å².